The first-order chi connectivity index (χ1) is 12.2. The van der Waals surface area contributed by atoms with Crippen molar-refractivity contribution in [3.8, 4) is 0 Å². The lowest BCUT2D eigenvalue weighted by Gasteiger charge is -2.21. The smallest absolute Gasteiger partial charge is 0.278 e. The van der Waals surface area contributed by atoms with Gasteiger partial charge in [0.1, 0.15) is 0 Å². The van der Waals surface area contributed by atoms with Crippen molar-refractivity contribution in [3.63, 3.8) is 0 Å². The normalized spacial score (nSPS) is 13.5. The van der Waals surface area contributed by atoms with Crippen molar-refractivity contribution in [3.05, 3.63) is 60.7 Å². The van der Waals surface area contributed by atoms with Crippen molar-refractivity contribution in [2.24, 2.45) is 10.2 Å². The van der Waals surface area contributed by atoms with Crippen LogP contribution in [0, 0.1) is 0 Å². The van der Waals surface area contributed by atoms with Crippen molar-refractivity contribution in [1.29, 1.82) is 0 Å². The van der Waals surface area contributed by atoms with E-state index in [1.807, 2.05) is 0 Å². The van der Waals surface area contributed by atoms with E-state index in [0.717, 1.165) is 6.92 Å². The van der Waals surface area contributed by atoms with Crippen molar-refractivity contribution in [1.82, 2.24) is 0 Å². The molecular formula is C17H15F5N4. The molecule has 0 saturated heterocycles. The molecule has 0 bridgehead atoms. The van der Waals surface area contributed by atoms with Crippen LogP contribution in [-0.2, 0) is 0 Å². The van der Waals surface area contributed by atoms with Gasteiger partial charge < -0.3 is 0 Å². The zero-order valence-corrected chi connectivity index (χ0v) is 13.6. The van der Waals surface area contributed by atoms with Crippen LogP contribution in [0.5, 0.6) is 0 Å². The molecule has 26 heavy (non-hydrogen) atoms. The molecule has 0 aliphatic heterocycles. The zero-order valence-electron chi connectivity index (χ0n) is 13.6. The second-order valence-corrected chi connectivity index (χ2v) is 5.19. The summed E-state index contributed by atoms with van der Waals surface area (Å²) in [7, 11) is 0. The van der Waals surface area contributed by atoms with Crippen LogP contribution in [0.25, 0.3) is 0 Å². The lowest BCUT2D eigenvalue weighted by Crippen LogP contribution is -2.47. The molecule has 0 heterocycles. The molecule has 9 heteroatoms. The van der Waals surface area contributed by atoms with Gasteiger partial charge in [-0.05, 0) is 31.2 Å². The van der Waals surface area contributed by atoms with Crippen LogP contribution in [0.15, 0.2) is 70.9 Å². The summed E-state index contributed by atoms with van der Waals surface area (Å²) < 4.78 is 66.1. The van der Waals surface area contributed by atoms with Crippen LogP contribution < -0.4 is 10.9 Å². The molecule has 138 valence electrons. The number of para-hydroxylation sites is 2. The SMILES string of the molecule is CC(=N\Nc1ccccc1)/C(=N/Nc1ccccc1)C(F)(F)C(F)(F)F. The lowest BCUT2D eigenvalue weighted by molar-refractivity contribution is -0.248. The highest BCUT2D eigenvalue weighted by atomic mass is 19.4. The Morgan fingerprint density at radius 1 is 0.731 bits per heavy atom. The molecular weight excluding hydrogens is 355 g/mol. The van der Waals surface area contributed by atoms with E-state index in [1.165, 1.54) is 12.1 Å². The summed E-state index contributed by atoms with van der Waals surface area (Å²) in [6, 6.07) is 16.0. The van der Waals surface area contributed by atoms with Crippen LogP contribution >= 0.6 is 0 Å². The minimum atomic E-state index is -5.81. The summed E-state index contributed by atoms with van der Waals surface area (Å²) in [6.45, 7) is 1.01. The zero-order chi connectivity index (χ0) is 19.2. The molecule has 0 aromatic heterocycles. The Labute approximate surface area is 146 Å². The quantitative estimate of drug-likeness (QED) is 0.420. The van der Waals surface area contributed by atoms with Crippen molar-refractivity contribution >= 4 is 22.8 Å². The molecule has 2 aromatic carbocycles. The van der Waals surface area contributed by atoms with Gasteiger partial charge in [-0.3, -0.25) is 10.9 Å². The number of rotatable bonds is 6. The number of hydrogen-bond acceptors (Lipinski definition) is 4. The molecule has 2 rings (SSSR count). The summed E-state index contributed by atoms with van der Waals surface area (Å²) >= 11 is 0. The average Bonchev–Trinajstić information content (AvgIpc) is 2.61. The van der Waals surface area contributed by atoms with Gasteiger partial charge >= 0.3 is 12.1 Å². The fourth-order valence-electron chi connectivity index (χ4n) is 1.86. The van der Waals surface area contributed by atoms with Crippen LogP contribution in [-0.4, -0.2) is 23.5 Å². The monoisotopic (exact) mass is 370 g/mol. The van der Waals surface area contributed by atoms with Crippen molar-refractivity contribution in [2.75, 3.05) is 10.9 Å². The van der Waals surface area contributed by atoms with E-state index in [2.05, 4.69) is 21.1 Å². The lowest BCUT2D eigenvalue weighted by atomic mass is 10.1. The molecule has 0 aliphatic carbocycles. The number of nitrogens with one attached hydrogen (secondary N) is 2. The van der Waals surface area contributed by atoms with Crippen LogP contribution in [0.2, 0.25) is 0 Å². The number of alkyl halides is 5. The van der Waals surface area contributed by atoms with Gasteiger partial charge in [0.25, 0.3) is 0 Å². The number of nitrogens with zero attached hydrogens (tertiary/aromatic N) is 2. The minimum Gasteiger partial charge on any atom is -0.278 e. The van der Waals surface area contributed by atoms with E-state index in [4.69, 9.17) is 0 Å². The maximum absolute atomic E-state index is 13.9. The number of hydrogen-bond donors (Lipinski definition) is 2. The number of benzene rings is 2. The van der Waals surface area contributed by atoms with Crippen LogP contribution in [0.3, 0.4) is 0 Å². The maximum Gasteiger partial charge on any atom is 0.459 e. The molecule has 0 saturated carbocycles. The molecule has 0 atom stereocenters. The van der Waals surface area contributed by atoms with Crippen molar-refractivity contribution < 1.29 is 22.0 Å². The summed E-state index contributed by atoms with van der Waals surface area (Å²) in [4.78, 5) is 0. The Morgan fingerprint density at radius 3 is 1.58 bits per heavy atom. The molecule has 4 nitrogen and oxygen atoms in total. The molecule has 0 amide bonds. The topological polar surface area (TPSA) is 48.8 Å². The third-order valence-corrected chi connectivity index (χ3v) is 3.19. The van der Waals surface area contributed by atoms with Gasteiger partial charge in [0.2, 0.25) is 0 Å². The Kier molecular flexibility index (Phi) is 5.91. The van der Waals surface area contributed by atoms with Crippen LogP contribution in [0.4, 0.5) is 33.3 Å². The summed E-state index contributed by atoms with van der Waals surface area (Å²) in [5, 5.41) is 6.87. The van der Waals surface area contributed by atoms with Gasteiger partial charge in [-0.2, -0.15) is 32.2 Å². The van der Waals surface area contributed by atoms with E-state index in [9.17, 15) is 22.0 Å². The van der Waals surface area contributed by atoms with Crippen LogP contribution in [0.1, 0.15) is 6.92 Å². The van der Waals surface area contributed by atoms with Gasteiger partial charge in [0.05, 0.1) is 17.1 Å². The first-order valence-electron chi connectivity index (χ1n) is 7.41. The molecule has 0 fully saturated rings. The molecule has 0 radical (unpaired) electrons. The summed E-state index contributed by atoms with van der Waals surface area (Å²) in [5.41, 5.74) is 3.17. The molecule has 0 unspecified atom stereocenters. The van der Waals surface area contributed by atoms with E-state index in [1.54, 1.807) is 48.5 Å². The van der Waals surface area contributed by atoms with Gasteiger partial charge in [-0.25, -0.2) is 0 Å². The standard InChI is InChI=1S/C17H15F5N4/c1-12(23-24-13-8-4-2-5-9-13)15(16(18,19)17(20,21)22)26-25-14-10-6-3-7-11-14/h2-11,24-25H,1H3/b23-12+,26-15-. The van der Waals surface area contributed by atoms with Gasteiger partial charge in [-0.1, -0.05) is 36.4 Å². The summed E-state index contributed by atoms with van der Waals surface area (Å²) in [6.07, 6.45) is -5.81. The van der Waals surface area contributed by atoms with Gasteiger partial charge in [-0.15, -0.1) is 0 Å². The maximum atomic E-state index is 13.9. The Morgan fingerprint density at radius 2 is 1.15 bits per heavy atom. The van der Waals surface area contributed by atoms with E-state index >= 15 is 0 Å². The number of anilines is 2. The molecule has 0 aliphatic rings. The molecule has 2 N–H and O–H groups in total. The van der Waals surface area contributed by atoms with E-state index in [0.29, 0.717) is 5.69 Å². The van der Waals surface area contributed by atoms with E-state index < -0.39 is 23.5 Å². The molecule has 0 spiro atoms. The predicted molar refractivity (Wildman–Crippen MR) is 91.7 cm³/mol. The minimum absolute atomic E-state index is 0.256. The van der Waals surface area contributed by atoms with Gasteiger partial charge in [0, 0.05) is 0 Å². The largest absolute Gasteiger partial charge is 0.459 e. The van der Waals surface area contributed by atoms with Crippen molar-refractivity contribution in [2.45, 2.75) is 19.0 Å². The van der Waals surface area contributed by atoms with E-state index in [-0.39, 0.29) is 5.69 Å². The first kappa shape index (κ1) is 19.4. The first-order valence-corrected chi connectivity index (χ1v) is 7.41. The fourth-order valence-corrected chi connectivity index (χ4v) is 1.86. The average molecular weight is 370 g/mol. The number of hydrazone groups is 2. The second-order valence-electron chi connectivity index (χ2n) is 5.19. The highest BCUT2D eigenvalue weighted by Crippen LogP contribution is 2.37. The third-order valence-electron chi connectivity index (χ3n) is 3.19. The predicted octanol–water partition coefficient (Wildman–Crippen LogP) is 5.14. The third kappa shape index (κ3) is 4.78. The highest BCUT2D eigenvalue weighted by Gasteiger charge is 2.62. The Bertz CT molecular complexity index is 771. The highest BCUT2D eigenvalue weighted by molar-refractivity contribution is 6.44. The van der Waals surface area contributed by atoms with Gasteiger partial charge in [0.15, 0.2) is 5.71 Å². The number of halogens is 5. The summed E-state index contributed by atoms with van der Waals surface area (Å²) in [5.74, 6) is -5.18. The Hall–Kier alpha value is -2.97. The Balaban J connectivity index is 2.33. The fraction of sp³-hybridized carbons (Fsp3) is 0.176. The second kappa shape index (κ2) is 7.94. The molecule has 2 aromatic rings.